The molecule has 11 nitrogen and oxygen atoms in total. The van der Waals surface area contributed by atoms with Gasteiger partial charge in [0.15, 0.2) is 0 Å². The topological polar surface area (TPSA) is 158 Å². The smallest absolute Gasteiger partial charge is 0.408 e. The highest BCUT2D eigenvalue weighted by Gasteiger charge is 2.34. The Kier molecular flexibility index (Phi) is 13.8. The second kappa shape index (κ2) is 16.6. The van der Waals surface area contributed by atoms with Gasteiger partial charge in [0.25, 0.3) is 0 Å². The van der Waals surface area contributed by atoms with E-state index in [4.69, 9.17) is 9.94 Å². The maximum absolute atomic E-state index is 13.7. The fraction of sp³-hybridized carbons (Fsp3) is 0.531. The van der Waals surface area contributed by atoms with Crippen molar-refractivity contribution in [3.63, 3.8) is 0 Å². The number of hydrogen-bond donors (Lipinski definition) is 4. The zero-order valence-electron chi connectivity index (χ0n) is 26.7. The maximum atomic E-state index is 13.7. The summed E-state index contributed by atoms with van der Waals surface area (Å²) < 4.78 is 34.1. The Labute approximate surface area is 261 Å². The number of benzene rings is 2. The second-order valence-corrected chi connectivity index (χ2v) is 14.3. The van der Waals surface area contributed by atoms with Crippen LogP contribution in [0.15, 0.2) is 64.6 Å². The van der Waals surface area contributed by atoms with Crippen molar-refractivity contribution < 1.29 is 33.1 Å². The average Bonchev–Trinajstić information content (AvgIpc) is 2.94. The van der Waals surface area contributed by atoms with Gasteiger partial charge in [0.2, 0.25) is 15.9 Å². The molecule has 0 bridgehead atoms. The van der Waals surface area contributed by atoms with Crippen molar-refractivity contribution in [3.8, 4) is 0 Å². The number of ether oxygens (including phenoxy) is 1. The summed E-state index contributed by atoms with van der Waals surface area (Å²) in [6.07, 6.45) is -0.0367. The van der Waals surface area contributed by atoms with Crippen LogP contribution in [0.2, 0.25) is 0 Å². The highest BCUT2D eigenvalue weighted by Crippen LogP contribution is 2.20. The normalized spacial score (nSPS) is 15.1. The van der Waals surface area contributed by atoms with Gasteiger partial charge in [-0.2, -0.15) is 4.31 Å². The van der Waals surface area contributed by atoms with E-state index in [2.05, 4.69) is 15.8 Å². The Balaban J connectivity index is 2.40. The molecule has 0 radical (unpaired) electrons. The third-order valence-corrected chi connectivity index (χ3v) is 8.79. The first-order valence-electron chi connectivity index (χ1n) is 14.9. The molecule has 4 atom stereocenters. The van der Waals surface area contributed by atoms with E-state index in [0.29, 0.717) is 12.0 Å². The van der Waals surface area contributed by atoms with Gasteiger partial charge in [0, 0.05) is 13.1 Å². The van der Waals surface area contributed by atoms with Crippen LogP contribution in [-0.2, 0) is 26.0 Å². The van der Waals surface area contributed by atoms with Gasteiger partial charge in [-0.1, -0.05) is 81.7 Å². The van der Waals surface area contributed by atoms with Gasteiger partial charge in [0.1, 0.15) is 11.6 Å². The predicted molar refractivity (Wildman–Crippen MR) is 170 cm³/mol. The van der Waals surface area contributed by atoms with Gasteiger partial charge >= 0.3 is 6.09 Å². The fourth-order valence-electron chi connectivity index (χ4n) is 4.52. The molecule has 0 unspecified atom stereocenters. The summed E-state index contributed by atoms with van der Waals surface area (Å²) in [5, 5.41) is 28.9. The SMILES string of the molecule is CC[C@H](C)[C@H](NC(=O)OC(C)(C)C)C(=O)N[C@@H](Cc1ccccc1)[C@H](O)CN(CC(C)C)S(=O)(=O)c1ccc(/C=N/O)cc1. The van der Waals surface area contributed by atoms with Crippen molar-refractivity contribution in [1.29, 1.82) is 0 Å². The maximum Gasteiger partial charge on any atom is 0.408 e. The van der Waals surface area contributed by atoms with Crippen molar-refractivity contribution in [2.24, 2.45) is 17.0 Å². The molecule has 0 aliphatic carbocycles. The zero-order chi connectivity index (χ0) is 33.1. The molecule has 0 aliphatic heterocycles. The zero-order valence-corrected chi connectivity index (χ0v) is 27.5. The summed E-state index contributed by atoms with van der Waals surface area (Å²) in [6.45, 7) is 12.5. The van der Waals surface area contributed by atoms with Crippen molar-refractivity contribution in [2.75, 3.05) is 13.1 Å². The number of alkyl carbamates (subject to hydrolysis) is 1. The quantitative estimate of drug-likeness (QED) is 0.130. The number of nitrogens with one attached hydrogen (secondary N) is 2. The molecule has 44 heavy (non-hydrogen) atoms. The first kappa shape index (κ1) is 36.7. The van der Waals surface area contributed by atoms with E-state index in [1.807, 2.05) is 58.0 Å². The number of aliphatic hydroxyl groups excluding tert-OH is 1. The molecule has 0 saturated carbocycles. The van der Waals surface area contributed by atoms with Crippen LogP contribution in [0.1, 0.15) is 66.0 Å². The van der Waals surface area contributed by atoms with Crippen LogP contribution in [0.25, 0.3) is 0 Å². The fourth-order valence-corrected chi connectivity index (χ4v) is 6.14. The van der Waals surface area contributed by atoms with Gasteiger partial charge in [-0.05, 0) is 62.3 Å². The molecule has 2 amide bonds. The van der Waals surface area contributed by atoms with E-state index in [9.17, 15) is 23.1 Å². The second-order valence-electron chi connectivity index (χ2n) is 12.4. The van der Waals surface area contributed by atoms with Crippen molar-refractivity contribution in [3.05, 3.63) is 65.7 Å². The molecule has 2 aromatic carbocycles. The van der Waals surface area contributed by atoms with Crippen LogP contribution in [0.4, 0.5) is 4.79 Å². The molecule has 2 aromatic rings. The van der Waals surface area contributed by atoms with E-state index in [1.165, 1.54) is 34.8 Å². The van der Waals surface area contributed by atoms with Crippen molar-refractivity contribution >= 4 is 28.2 Å². The lowest BCUT2D eigenvalue weighted by molar-refractivity contribution is -0.126. The summed E-state index contributed by atoms with van der Waals surface area (Å²) in [7, 11) is -4.04. The number of oxime groups is 1. The molecule has 0 fully saturated rings. The standard InChI is InChI=1S/C32H48N4O7S/c1-8-23(4)29(35-31(39)43-32(5,6)7)30(38)34-27(18-24-12-10-9-11-13-24)28(37)21-36(20-22(2)3)44(41,42)26-16-14-25(15-17-26)19-33-40/h9-17,19,22-23,27-29,37,40H,8,18,20-21H2,1-7H3,(H,34,38)(H,35,39)/b33-19+/t23-,27-,28+,29-/m0/s1. The Hall–Kier alpha value is -3.48. The monoisotopic (exact) mass is 632 g/mol. The summed E-state index contributed by atoms with van der Waals surface area (Å²) in [6, 6.07) is 13.3. The molecule has 0 heterocycles. The minimum Gasteiger partial charge on any atom is -0.444 e. The number of aliphatic hydroxyl groups is 1. The lowest BCUT2D eigenvalue weighted by Crippen LogP contribution is -2.57. The van der Waals surface area contributed by atoms with E-state index in [-0.39, 0.29) is 36.2 Å². The summed E-state index contributed by atoms with van der Waals surface area (Å²) in [5.74, 6) is -0.828. The number of nitrogens with zero attached hydrogens (tertiary/aromatic N) is 2. The molecular weight excluding hydrogens is 584 g/mol. The van der Waals surface area contributed by atoms with Gasteiger partial charge in [-0.25, -0.2) is 13.2 Å². The molecule has 0 saturated heterocycles. The molecule has 0 spiro atoms. The predicted octanol–water partition coefficient (Wildman–Crippen LogP) is 4.17. The number of sulfonamides is 1. The van der Waals surface area contributed by atoms with Gasteiger partial charge < -0.3 is 25.7 Å². The average molecular weight is 633 g/mol. The number of carbonyl (C=O) groups is 2. The highest BCUT2D eigenvalue weighted by molar-refractivity contribution is 7.89. The summed E-state index contributed by atoms with van der Waals surface area (Å²) in [5.41, 5.74) is 0.588. The van der Waals surface area contributed by atoms with Crippen molar-refractivity contribution in [2.45, 2.75) is 90.0 Å². The highest BCUT2D eigenvalue weighted by atomic mass is 32.2. The van der Waals surface area contributed by atoms with E-state index in [0.717, 1.165) is 5.56 Å². The van der Waals surface area contributed by atoms with E-state index >= 15 is 0 Å². The van der Waals surface area contributed by atoms with Crippen LogP contribution >= 0.6 is 0 Å². The molecule has 4 N–H and O–H groups in total. The third-order valence-electron chi connectivity index (χ3n) is 6.94. The number of rotatable bonds is 15. The lowest BCUT2D eigenvalue weighted by atomic mass is 9.96. The number of amides is 2. The first-order chi connectivity index (χ1) is 20.6. The number of carbonyl (C=O) groups excluding carboxylic acids is 2. The van der Waals surface area contributed by atoms with Crippen LogP contribution < -0.4 is 10.6 Å². The van der Waals surface area contributed by atoms with Crippen LogP contribution in [0.3, 0.4) is 0 Å². The Morgan fingerprint density at radius 3 is 2.14 bits per heavy atom. The van der Waals surface area contributed by atoms with Gasteiger partial charge in [-0.3, -0.25) is 4.79 Å². The van der Waals surface area contributed by atoms with E-state index in [1.54, 1.807) is 20.8 Å². The Morgan fingerprint density at radius 1 is 1.00 bits per heavy atom. The molecule has 244 valence electrons. The van der Waals surface area contributed by atoms with Crippen LogP contribution in [-0.4, -0.2) is 78.1 Å². The summed E-state index contributed by atoms with van der Waals surface area (Å²) in [4.78, 5) is 26.3. The Bertz CT molecular complexity index is 1330. The Morgan fingerprint density at radius 2 is 1.61 bits per heavy atom. The molecule has 12 heteroatoms. The van der Waals surface area contributed by atoms with E-state index < -0.39 is 45.8 Å². The van der Waals surface area contributed by atoms with Crippen molar-refractivity contribution in [1.82, 2.24) is 14.9 Å². The minimum atomic E-state index is -4.04. The molecule has 0 aliphatic rings. The van der Waals surface area contributed by atoms with Crippen LogP contribution in [0.5, 0.6) is 0 Å². The third kappa shape index (κ3) is 11.5. The van der Waals surface area contributed by atoms with Crippen LogP contribution in [0, 0.1) is 11.8 Å². The van der Waals surface area contributed by atoms with Gasteiger partial charge in [0.05, 0.1) is 23.3 Å². The van der Waals surface area contributed by atoms with Gasteiger partial charge in [-0.15, -0.1) is 0 Å². The molecular formula is C32H48N4O7S. The summed E-state index contributed by atoms with van der Waals surface area (Å²) >= 11 is 0. The lowest BCUT2D eigenvalue weighted by Gasteiger charge is -2.32. The number of hydrogen-bond acceptors (Lipinski definition) is 8. The largest absolute Gasteiger partial charge is 0.444 e. The first-order valence-corrected chi connectivity index (χ1v) is 16.3. The minimum absolute atomic E-state index is 0.0162. The molecule has 2 rings (SSSR count). The molecule has 0 aromatic heterocycles.